The Hall–Kier alpha value is -1.75. The van der Waals surface area contributed by atoms with E-state index in [1.54, 1.807) is 11.3 Å². The maximum atomic E-state index is 5.87. The number of nitrogens with zero attached hydrogens (tertiary/aromatic N) is 2. The molecule has 0 aliphatic rings. The molecule has 2 rings (SSSR count). The summed E-state index contributed by atoms with van der Waals surface area (Å²) in [5, 5.41) is 2.08. The fraction of sp³-hybridized carbons (Fsp3) is 0.357. The fourth-order valence-corrected chi connectivity index (χ4v) is 2.45. The van der Waals surface area contributed by atoms with Crippen molar-refractivity contribution in [3.05, 3.63) is 34.5 Å². The van der Waals surface area contributed by atoms with Crippen LogP contribution in [0.5, 0.6) is 5.88 Å². The third-order valence-electron chi connectivity index (χ3n) is 2.59. The number of hydrogen-bond donors (Lipinski definition) is 1. The summed E-state index contributed by atoms with van der Waals surface area (Å²) in [4.78, 5) is 7.86. The molecule has 19 heavy (non-hydrogen) atoms. The molecule has 0 amide bonds. The van der Waals surface area contributed by atoms with E-state index in [0.717, 1.165) is 12.4 Å². The van der Waals surface area contributed by atoms with Gasteiger partial charge in [-0.05, 0) is 37.4 Å². The minimum Gasteiger partial charge on any atom is -0.473 e. The summed E-state index contributed by atoms with van der Waals surface area (Å²) in [5.74, 6) is 1.36. The summed E-state index contributed by atoms with van der Waals surface area (Å²) in [6, 6.07) is 7.92. The van der Waals surface area contributed by atoms with Gasteiger partial charge in [0.1, 0.15) is 5.82 Å². The number of thiophene rings is 1. The van der Waals surface area contributed by atoms with Crippen molar-refractivity contribution in [2.45, 2.75) is 26.5 Å². The van der Waals surface area contributed by atoms with Crippen LogP contribution in [0.3, 0.4) is 0 Å². The third-order valence-corrected chi connectivity index (χ3v) is 3.45. The van der Waals surface area contributed by atoms with Crippen LogP contribution in [0.15, 0.2) is 29.6 Å². The first-order chi connectivity index (χ1) is 9.06. The molecule has 0 fully saturated rings. The molecule has 0 radical (unpaired) electrons. The third kappa shape index (κ3) is 3.61. The molecular formula is C14H19N3OS. The van der Waals surface area contributed by atoms with Crippen molar-refractivity contribution in [3.8, 4) is 5.88 Å². The summed E-state index contributed by atoms with van der Waals surface area (Å²) in [6.07, 6.45) is 0.0626. The maximum absolute atomic E-state index is 5.87. The van der Waals surface area contributed by atoms with Crippen LogP contribution in [0.2, 0.25) is 0 Å². The van der Waals surface area contributed by atoms with E-state index < -0.39 is 0 Å². The normalized spacial score (nSPS) is 10.7. The molecule has 0 spiro atoms. The van der Waals surface area contributed by atoms with Crippen molar-refractivity contribution in [1.29, 1.82) is 0 Å². The van der Waals surface area contributed by atoms with Gasteiger partial charge in [-0.3, -0.25) is 0 Å². The fourth-order valence-electron chi connectivity index (χ4n) is 1.69. The molecule has 2 aromatic rings. The minimum atomic E-state index is 0.0626. The van der Waals surface area contributed by atoms with Gasteiger partial charge in [0.15, 0.2) is 0 Å². The molecule has 2 heterocycles. The Morgan fingerprint density at radius 1 is 1.37 bits per heavy atom. The lowest BCUT2D eigenvalue weighted by Gasteiger charge is -2.19. The zero-order valence-corrected chi connectivity index (χ0v) is 12.3. The van der Waals surface area contributed by atoms with Crippen LogP contribution < -0.4 is 15.4 Å². The Bertz CT molecular complexity index is 525. The Balaban J connectivity index is 2.15. The predicted octanol–water partition coefficient (Wildman–Crippen LogP) is 3.15. The minimum absolute atomic E-state index is 0.0626. The number of hydrogen-bond acceptors (Lipinski definition) is 5. The van der Waals surface area contributed by atoms with Gasteiger partial charge in [-0.1, -0.05) is 6.07 Å². The van der Waals surface area contributed by atoms with Crippen LogP contribution >= 0.6 is 11.3 Å². The van der Waals surface area contributed by atoms with E-state index in [1.165, 1.54) is 4.88 Å². The summed E-state index contributed by atoms with van der Waals surface area (Å²) < 4.78 is 5.61. The van der Waals surface area contributed by atoms with E-state index in [1.807, 2.05) is 33.0 Å². The van der Waals surface area contributed by atoms with Crippen molar-refractivity contribution < 1.29 is 4.74 Å². The number of nitrogens with two attached hydrogens (primary N) is 1. The number of ether oxygens (including phenoxy) is 1. The molecule has 0 aliphatic carbocycles. The number of nitrogen functional groups attached to an aromatic ring is 1. The van der Waals surface area contributed by atoms with Gasteiger partial charge in [0.25, 0.3) is 0 Å². The second kappa shape index (κ2) is 5.93. The standard InChI is InChI=1S/C14H19N3OS/c1-10(2)18-14-12(15)6-7-13(16-14)17(3)9-11-5-4-8-19-11/h4-8,10H,9,15H2,1-3H3. The van der Waals surface area contributed by atoms with Crippen molar-refractivity contribution in [2.24, 2.45) is 0 Å². The Kier molecular flexibility index (Phi) is 4.27. The predicted molar refractivity (Wildman–Crippen MR) is 80.8 cm³/mol. The number of anilines is 2. The van der Waals surface area contributed by atoms with Crippen molar-refractivity contribution in [3.63, 3.8) is 0 Å². The Morgan fingerprint density at radius 3 is 2.79 bits per heavy atom. The summed E-state index contributed by atoms with van der Waals surface area (Å²) in [5.41, 5.74) is 6.44. The van der Waals surface area contributed by atoms with Crippen LogP contribution in [0.4, 0.5) is 11.5 Å². The Morgan fingerprint density at radius 2 is 2.16 bits per heavy atom. The van der Waals surface area contributed by atoms with E-state index in [2.05, 4.69) is 27.4 Å². The van der Waals surface area contributed by atoms with Crippen LogP contribution in [0.25, 0.3) is 0 Å². The van der Waals surface area contributed by atoms with Gasteiger partial charge in [-0.25, -0.2) is 0 Å². The van der Waals surface area contributed by atoms with Crippen LogP contribution in [0.1, 0.15) is 18.7 Å². The average Bonchev–Trinajstić information content (AvgIpc) is 2.84. The van der Waals surface area contributed by atoms with Crippen molar-refractivity contribution in [2.75, 3.05) is 17.7 Å². The monoisotopic (exact) mass is 277 g/mol. The highest BCUT2D eigenvalue weighted by Crippen LogP contribution is 2.24. The zero-order valence-electron chi connectivity index (χ0n) is 11.5. The first kappa shape index (κ1) is 13.7. The van der Waals surface area contributed by atoms with Gasteiger partial charge >= 0.3 is 0 Å². The largest absolute Gasteiger partial charge is 0.473 e. The molecule has 0 bridgehead atoms. The van der Waals surface area contributed by atoms with Crippen molar-refractivity contribution in [1.82, 2.24) is 4.98 Å². The van der Waals surface area contributed by atoms with Gasteiger partial charge in [0.2, 0.25) is 5.88 Å². The van der Waals surface area contributed by atoms with Gasteiger partial charge < -0.3 is 15.4 Å². The second-order valence-corrected chi connectivity index (χ2v) is 5.70. The average molecular weight is 277 g/mol. The molecule has 0 aliphatic heterocycles. The molecule has 0 atom stereocenters. The highest BCUT2D eigenvalue weighted by Gasteiger charge is 2.10. The number of aromatic nitrogens is 1. The SMILES string of the molecule is CC(C)Oc1nc(N(C)Cc2cccs2)ccc1N. The van der Waals surface area contributed by atoms with E-state index in [-0.39, 0.29) is 6.10 Å². The first-order valence-electron chi connectivity index (χ1n) is 6.23. The van der Waals surface area contributed by atoms with E-state index in [4.69, 9.17) is 10.5 Å². The molecule has 0 unspecified atom stereocenters. The lowest BCUT2D eigenvalue weighted by molar-refractivity contribution is 0.234. The van der Waals surface area contributed by atoms with Crippen LogP contribution in [-0.4, -0.2) is 18.1 Å². The van der Waals surface area contributed by atoms with Crippen LogP contribution in [-0.2, 0) is 6.54 Å². The number of pyridine rings is 1. The topological polar surface area (TPSA) is 51.4 Å². The molecule has 0 aromatic carbocycles. The smallest absolute Gasteiger partial charge is 0.239 e. The van der Waals surface area contributed by atoms with E-state index >= 15 is 0 Å². The zero-order chi connectivity index (χ0) is 13.8. The summed E-state index contributed by atoms with van der Waals surface area (Å²) >= 11 is 1.74. The van der Waals surface area contributed by atoms with Gasteiger partial charge in [0.05, 0.1) is 18.3 Å². The first-order valence-corrected chi connectivity index (χ1v) is 7.11. The molecule has 102 valence electrons. The lowest BCUT2D eigenvalue weighted by atomic mass is 10.3. The quantitative estimate of drug-likeness (QED) is 0.912. The summed E-state index contributed by atoms with van der Waals surface area (Å²) in [7, 11) is 2.01. The van der Waals surface area contributed by atoms with Gasteiger partial charge in [-0.2, -0.15) is 4.98 Å². The molecule has 0 saturated carbocycles. The highest BCUT2D eigenvalue weighted by atomic mass is 32.1. The highest BCUT2D eigenvalue weighted by molar-refractivity contribution is 7.09. The van der Waals surface area contributed by atoms with E-state index in [9.17, 15) is 0 Å². The second-order valence-electron chi connectivity index (χ2n) is 4.67. The molecule has 0 saturated heterocycles. The summed E-state index contributed by atoms with van der Waals surface area (Å²) in [6.45, 7) is 4.75. The molecular weight excluding hydrogens is 258 g/mol. The maximum Gasteiger partial charge on any atom is 0.239 e. The Labute approximate surface area is 117 Å². The van der Waals surface area contributed by atoms with Gasteiger partial charge in [0, 0.05) is 11.9 Å². The van der Waals surface area contributed by atoms with E-state index in [0.29, 0.717) is 11.6 Å². The molecule has 2 N–H and O–H groups in total. The van der Waals surface area contributed by atoms with Crippen LogP contribution in [0, 0.1) is 0 Å². The van der Waals surface area contributed by atoms with Gasteiger partial charge in [-0.15, -0.1) is 11.3 Å². The molecule has 5 heteroatoms. The number of rotatable bonds is 5. The molecule has 4 nitrogen and oxygen atoms in total. The van der Waals surface area contributed by atoms with Crippen molar-refractivity contribution >= 4 is 22.8 Å². The molecule has 2 aromatic heterocycles. The lowest BCUT2D eigenvalue weighted by Crippen LogP contribution is -2.18.